The van der Waals surface area contributed by atoms with Crippen LogP contribution in [0, 0.1) is 5.82 Å². The summed E-state index contributed by atoms with van der Waals surface area (Å²) in [4.78, 5) is 0. The maximum absolute atomic E-state index is 13.6. The fourth-order valence-corrected chi connectivity index (χ4v) is 1.67. The lowest BCUT2D eigenvalue weighted by Crippen LogP contribution is -2.29. The second kappa shape index (κ2) is 3.98. The zero-order valence-electron chi connectivity index (χ0n) is 8.77. The van der Waals surface area contributed by atoms with Crippen molar-refractivity contribution in [2.45, 2.75) is 19.4 Å². The summed E-state index contributed by atoms with van der Waals surface area (Å²) in [7, 11) is 1.33. The van der Waals surface area contributed by atoms with Crippen molar-refractivity contribution in [2.75, 3.05) is 7.11 Å². The number of phenolic OH excluding ortho intramolecular Hbond substituents is 1. The van der Waals surface area contributed by atoms with Gasteiger partial charge in [-0.1, -0.05) is 0 Å². The van der Waals surface area contributed by atoms with E-state index in [1.54, 1.807) is 19.9 Å². The molecule has 0 saturated carbocycles. The molecule has 0 aromatic heterocycles. The summed E-state index contributed by atoms with van der Waals surface area (Å²) < 4.78 is 18.8. The summed E-state index contributed by atoms with van der Waals surface area (Å²) in [6, 6.07) is 1.55. The quantitative estimate of drug-likeness (QED) is 0.873. The molecule has 0 fully saturated rings. The Labute approximate surface area is 96.2 Å². The van der Waals surface area contributed by atoms with Gasteiger partial charge < -0.3 is 15.6 Å². The van der Waals surface area contributed by atoms with Crippen LogP contribution in [0.3, 0.4) is 0 Å². The van der Waals surface area contributed by atoms with Crippen molar-refractivity contribution in [3.63, 3.8) is 0 Å². The lowest BCUT2D eigenvalue weighted by molar-refractivity contribution is 0.349. The molecule has 0 amide bonds. The average Bonchev–Trinajstić information content (AvgIpc) is 2.12. The molecule has 0 aliphatic rings. The van der Waals surface area contributed by atoms with Gasteiger partial charge in [0.2, 0.25) is 5.82 Å². The Balaban J connectivity index is 3.53. The lowest BCUT2D eigenvalue weighted by Gasteiger charge is -2.23. The number of hydrogen-bond acceptors (Lipinski definition) is 3. The monoisotopic (exact) mass is 277 g/mol. The summed E-state index contributed by atoms with van der Waals surface area (Å²) in [5, 5.41) is 9.37. The minimum Gasteiger partial charge on any atom is -0.504 e. The van der Waals surface area contributed by atoms with E-state index in [4.69, 9.17) is 10.5 Å². The first-order valence-corrected chi connectivity index (χ1v) is 5.12. The predicted octanol–water partition coefficient (Wildman–Crippen LogP) is 2.50. The minimum atomic E-state index is -0.805. The van der Waals surface area contributed by atoms with E-state index in [1.165, 1.54) is 7.11 Å². The summed E-state index contributed by atoms with van der Waals surface area (Å²) in [6.45, 7) is 3.46. The third kappa shape index (κ3) is 2.23. The van der Waals surface area contributed by atoms with Crippen molar-refractivity contribution in [1.29, 1.82) is 0 Å². The Morgan fingerprint density at radius 3 is 2.47 bits per heavy atom. The molecule has 0 spiro atoms. The van der Waals surface area contributed by atoms with Crippen molar-refractivity contribution in [2.24, 2.45) is 5.73 Å². The number of aromatic hydroxyl groups is 1. The van der Waals surface area contributed by atoms with E-state index in [0.717, 1.165) is 0 Å². The number of halogens is 2. The van der Waals surface area contributed by atoms with E-state index < -0.39 is 17.1 Å². The van der Waals surface area contributed by atoms with E-state index in [9.17, 15) is 9.50 Å². The van der Waals surface area contributed by atoms with Gasteiger partial charge in [0.25, 0.3) is 0 Å². The van der Waals surface area contributed by atoms with E-state index in [0.29, 0.717) is 5.56 Å². The third-order valence-electron chi connectivity index (χ3n) is 2.05. The van der Waals surface area contributed by atoms with E-state index in [1.807, 2.05) is 0 Å². The number of benzene rings is 1. The Hall–Kier alpha value is -0.810. The van der Waals surface area contributed by atoms with E-state index in [2.05, 4.69) is 15.9 Å². The van der Waals surface area contributed by atoms with Crippen LogP contribution in [0.25, 0.3) is 0 Å². The van der Waals surface area contributed by atoms with Gasteiger partial charge >= 0.3 is 0 Å². The SMILES string of the molecule is COc1c(C(C)(C)N)cc(Br)c(O)c1F. The number of methoxy groups -OCH3 is 1. The fraction of sp³-hybridized carbons (Fsp3) is 0.400. The molecule has 3 nitrogen and oxygen atoms in total. The van der Waals surface area contributed by atoms with Gasteiger partial charge in [-0.15, -0.1) is 0 Å². The van der Waals surface area contributed by atoms with Crippen LogP contribution in [0.4, 0.5) is 4.39 Å². The molecule has 0 bridgehead atoms. The highest BCUT2D eigenvalue weighted by Gasteiger charge is 2.25. The molecule has 0 saturated heterocycles. The molecule has 0 aliphatic heterocycles. The molecule has 0 atom stereocenters. The molecule has 0 aliphatic carbocycles. The van der Waals surface area contributed by atoms with Crippen molar-refractivity contribution >= 4 is 15.9 Å². The zero-order valence-corrected chi connectivity index (χ0v) is 10.4. The van der Waals surface area contributed by atoms with Crippen LogP contribution < -0.4 is 10.5 Å². The first-order chi connectivity index (χ1) is 6.79. The van der Waals surface area contributed by atoms with Crippen LogP contribution in [-0.2, 0) is 5.54 Å². The highest BCUT2D eigenvalue weighted by Crippen LogP contribution is 2.39. The molecule has 5 heteroatoms. The van der Waals surface area contributed by atoms with Gasteiger partial charge in [0.1, 0.15) is 0 Å². The fourth-order valence-electron chi connectivity index (χ4n) is 1.27. The molecular weight excluding hydrogens is 265 g/mol. The maximum Gasteiger partial charge on any atom is 0.208 e. The molecule has 15 heavy (non-hydrogen) atoms. The number of nitrogens with two attached hydrogens (primary N) is 1. The van der Waals surface area contributed by atoms with Crippen LogP contribution >= 0.6 is 15.9 Å². The predicted molar refractivity (Wildman–Crippen MR) is 59.5 cm³/mol. The summed E-state index contributed by atoms with van der Waals surface area (Å²) in [5.74, 6) is -1.30. The van der Waals surface area contributed by atoms with Gasteiger partial charge in [-0.2, -0.15) is 4.39 Å². The maximum atomic E-state index is 13.6. The van der Waals surface area contributed by atoms with Crippen molar-refractivity contribution < 1.29 is 14.2 Å². The second-order valence-electron chi connectivity index (χ2n) is 3.82. The molecule has 0 heterocycles. The molecule has 1 aromatic rings. The van der Waals surface area contributed by atoms with Crippen molar-refractivity contribution in [1.82, 2.24) is 0 Å². The number of phenols is 1. The highest BCUT2D eigenvalue weighted by atomic mass is 79.9. The third-order valence-corrected chi connectivity index (χ3v) is 2.65. The first-order valence-electron chi connectivity index (χ1n) is 4.33. The molecule has 84 valence electrons. The van der Waals surface area contributed by atoms with Crippen LogP contribution in [0.1, 0.15) is 19.4 Å². The number of hydrogen-bond donors (Lipinski definition) is 2. The first kappa shape index (κ1) is 12.3. The zero-order chi connectivity index (χ0) is 11.8. The van der Waals surface area contributed by atoms with Crippen LogP contribution in [0.5, 0.6) is 11.5 Å². The number of rotatable bonds is 2. The van der Waals surface area contributed by atoms with Gasteiger partial charge in [-0.25, -0.2) is 0 Å². The largest absolute Gasteiger partial charge is 0.504 e. The highest BCUT2D eigenvalue weighted by molar-refractivity contribution is 9.10. The molecule has 3 N–H and O–H groups in total. The topological polar surface area (TPSA) is 55.5 Å². The Kier molecular flexibility index (Phi) is 3.25. The second-order valence-corrected chi connectivity index (χ2v) is 4.68. The summed E-state index contributed by atoms with van der Waals surface area (Å²) >= 11 is 3.05. The van der Waals surface area contributed by atoms with Crippen molar-refractivity contribution in [3.8, 4) is 11.5 Å². The van der Waals surface area contributed by atoms with Crippen LogP contribution in [0.2, 0.25) is 0 Å². The van der Waals surface area contributed by atoms with Crippen LogP contribution in [-0.4, -0.2) is 12.2 Å². The van der Waals surface area contributed by atoms with Gasteiger partial charge in [0.15, 0.2) is 11.5 Å². The minimum absolute atomic E-state index is 0.0248. The van der Waals surface area contributed by atoms with Gasteiger partial charge in [-0.05, 0) is 35.8 Å². The van der Waals surface area contributed by atoms with Crippen molar-refractivity contribution in [3.05, 3.63) is 21.9 Å². The summed E-state index contributed by atoms with van der Waals surface area (Å²) in [6.07, 6.45) is 0. The molecule has 0 radical (unpaired) electrons. The van der Waals surface area contributed by atoms with Gasteiger partial charge in [-0.3, -0.25) is 0 Å². The normalized spacial score (nSPS) is 11.6. The van der Waals surface area contributed by atoms with Gasteiger partial charge in [0, 0.05) is 11.1 Å². The molecule has 1 rings (SSSR count). The Morgan fingerprint density at radius 1 is 1.53 bits per heavy atom. The Morgan fingerprint density at radius 2 is 2.07 bits per heavy atom. The van der Waals surface area contributed by atoms with E-state index >= 15 is 0 Å². The molecule has 0 unspecified atom stereocenters. The van der Waals surface area contributed by atoms with Gasteiger partial charge in [0.05, 0.1) is 11.6 Å². The smallest absolute Gasteiger partial charge is 0.208 e. The average molecular weight is 278 g/mol. The summed E-state index contributed by atoms with van der Waals surface area (Å²) in [5.41, 5.74) is 5.62. The molecule has 1 aromatic carbocycles. The Bertz CT molecular complexity index is 388. The van der Waals surface area contributed by atoms with E-state index in [-0.39, 0.29) is 10.2 Å². The lowest BCUT2D eigenvalue weighted by atomic mass is 9.94. The standard InChI is InChI=1S/C10H13BrFNO2/c1-10(2,13)5-4-6(11)8(14)7(12)9(5)15-3/h4,14H,13H2,1-3H3. The molecular formula is C10H13BrFNO2. The number of ether oxygens (including phenoxy) is 1. The van der Waals surface area contributed by atoms with Crippen LogP contribution in [0.15, 0.2) is 10.5 Å².